The van der Waals surface area contributed by atoms with Gasteiger partial charge in [-0.3, -0.25) is 4.79 Å². The van der Waals surface area contributed by atoms with Gasteiger partial charge in [0.15, 0.2) is 0 Å². The maximum absolute atomic E-state index is 11.7. The molecule has 2 rings (SSSR count). The molecule has 3 N–H and O–H groups in total. The SMILES string of the molecule is NC(=S)CNC(=O)c1cnn2ccccc12. The minimum atomic E-state index is -0.228. The molecular formula is C10H10N4OS. The highest BCUT2D eigenvalue weighted by Gasteiger charge is 2.11. The summed E-state index contributed by atoms with van der Waals surface area (Å²) in [5.41, 5.74) is 6.57. The van der Waals surface area contributed by atoms with E-state index in [2.05, 4.69) is 22.6 Å². The van der Waals surface area contributed by atoms with Crippen LogP contribution in [0.15, 0.2) is 30.6 Å². The summed E-state index contributed by atoms with van der Waals surface area (Å²) in [5, 5.41) is 6.68. The number of carbonyl (C=O) groups excluding carboxylic acids is 1. The summed E-state index contributed by atoms with van der Waals surface area (Å²) in [6.45, 7) is 0.193. The quantitative estimate of drug-likeness (QED) is 0.752. The molecule has 0 saturated heterocycles. The number of nitrogens with one attached hydrogen (secondary N) is 1. The molecule has 0 fully saturated rings. The fraction of sp³-hybridized carbons (Fsp3) is 0.100. The number of nitrogens with zero attached hydrogens (tertiary/aromatic N) is 2. The molecule has 2 aromatic rings. The van der Waals surface area contributed by atoms with Gasteiger partial charge < -0.3 is 11.1 Å². The van der Waals surface area contributed by atoms with E-state index >= 15 is 0 Å². The smallest absolute Gasteiger partial charge is 0.255 e. The largest absolute Gasteiger partial charge is 0.392 e. The Morgan fingerprint density at radius 3 is 3.12 bits per heavy atom. The molecule has 0 radical (unpaired) electrons. The highest BCUT2D eigenvalue weighted by atomic mass is 32.1. The van der Waals surface area contributed by atoms with Crippen LogP contribution in [0.5, 0.6) is 0 Å². The van der Waals surface area contributed by atoms with E-state index in [0.717, 1.165) is 5.52 Å². The first-order chi connectivity index (χ1) is 7.68. The molecule has 1 amide bonds. The van der Waals surface area contributed by atoms with E-state index < -0.39 is 0 Å². The summed E-state index contributed by atoms with van der Waals surface area (Å²) in [6.07, 6.45) is 3.30. The van der Waals surface area contributed by atoms with Crippen LogP contribution in [0.4, 0.5) is 0 Å². The van der Waals surface area contributed by atoms with E-state index in [-0.39, 0.29) is 17.4 Å². The van der Waals surface area contributed by atoms with Crippen molar-refractivity contribution in [3.63, 3.8) is 0 Å². The molecule has 5 nitrogen and oxygen atoms in total. The van der Waals surface area contributed by atoms with Crippen LogP contribution in [0.3, 0.4) is 0 Å². The van der Waals surface area contributed by atoms with Crippen LogP contribution in [-0.2, 0) is 0 Å². The van der Waals surface area contributed by atoms with Gasteiger partial charge in [-0.1, -0.05) is 18.3 Å². The van der Waals surface area contributed by atoms with Gasteiger partial charge in [-0.2, -0.15) is 5.10 Å². The Labute approximate surface area is 97.2 Å². The van der Waals surface area contributed by atoms with Crippen molar-refractivity contribution in [2.24, 2.45) is 5.73 Å². The molecular weight excluding hydrogens is 224 g/mol. The van der Waals surface area contributed by atoms with Crippen molar-refractivity contribution in [3.8, 4) is 0 Å². The van der Waals surface area contributed by atoms with E-state index in [1.807, 2.05) is 18.2 Å². The van der Waals surface area contributed by atoms with Gasteiger partial charge in [-0.15, -0.1) is 0 Å². The number of fused-ring (bicyclic) bond motifs is 1. The molecule has 82 valence electrons. The van der Waals surface area contributed by atoms with E-state index in [1.54, 1.807) is 10.7 Å². The molecule has 2 aromatic heterocycles. The summed E-state index contributed by atoms with van der Waals surface area (Å²) < 4.78 is 1.63. The van der Waals surface area contributed by atoms with Crippen LogP contribution < -0.4 is 11.1 Å². The first-order valence-corrected chi connectivity index (χ1v) is 5.08. The minimum Gasteiger partial charge on any atom is -0.392 e. The van der Waals surface area contributed by atoms with Crippen molar-refractivity contribution in [1.82, 2.24) is 14.9 Å². The lowest BCUT2D eigenvalue weighted by Crippen LogP contribution is -2.32. The van der Waals surface area contributed by atoms with Crippen LogP contribution in [0, 0.1) is 0 Å². The van der Waals surface area contributed by atoms with Crippen LogP contribution in [-0.4, -0.2) is 27.1 Å². The van der Waals surface area contributed by atoms with Crippen LogP contribution in [0.2, 0.25) is 0 Å². The van der Waals surface area contributed by atoms with Gasteiger partial charge in [0.25, 0.3) is 5.91 Å². The summed E-state index contributed by atoms with van der Waals surface area (Å²) in [4.78, 5) is 12.0. The Morgan fingerprint density at radius 2 is 2.38 bits per heavy atom. The number of aromatic nitrogens is 2. The Bertz CT molecular complexity index is 548. The normalized spacial score (nSPS) is 10.2. The van der Waals surface area contributed by atoms with Crippen molar-refractivity contribution in [2.75, 3.05) is 6.54 Å². The van der Waals surface area contributed by atoms with E-state index in [0.29, 0.717) is 5.56 Å². The summed E-state index contributed by atoms with van der Waals surface area (Å²) in [6, 6.07) is 5.51. The van der Waals surface area contributed by atoms with Gasteiger partial charge in [0.2, 0.25) is 0 Å². The second kappa shape index (κ2) is 4.28. The standard InChI is InChI=1S/C10H10N4OS/c11-9(16)6-12-10(15)7-5-13-14-4-2-1-3-8(7)14/h1-5H,6H2,(H2,11,16)(H,12,15). The molecule has 0 unspecified atom stereocenters. The third-order valence-electron chi connectivity index (χ3n) is 2.09. The fourth-order valence-electron chi connectivity index (χ4n) is 1.37. The zero-order valence-electron chi connectivity index (χ0n) is 8.38. The second-order valence-corrected chi connectivity index (χ2v) is 3.76. The van der Waals surface area contributed by atoms with E-state index in [9.17, 15) is 4.79 Å². The van der Waals surface area contributed by atoms with Crippen LogP contribution in [0.25, 0.3) is 5.52 Å². The fourth-order valence-corrected chi connectivity index (χ4v) is 1.44. The number of amides is 1. The van der Waals surface area contributed by atoms with Crippen LogP contribution >= 0.6 is 12.2 Å². The molecule has 0 bridgehead atoms. The molecule has 6 heteroatoms. The number of nitrogens with two attached hydrogens (primary N) is 1. The second-order valence-electron chi connectivity index (χ2n) is 3.24. The van der Waals surface area contributed by atoms with Crippen molar-refractivity contribution in [1.29, 1.82) is 0 Å². The number of rotatable bonds is 3. The van der Waals surface area contributed by atoms with E-state index in [1.165, 1.54) is 6.20 Å². The van der Waals surface area contributed by atoms with Gasteiger partial charge in [0, 0.05) is 6.20 Å². The first-order valence-electron chi connectivity index (χ1n) is 4.67. The topological polar surface area (TPSA) is 72.4 Å². The molecule has 0 aliphatic carbocycles. The molecule has 0 saturated carbocycles. The summed E-state index contributed by atoms with van der Waals surface area (Å²) in [7, 11) is 0. The Hall–Kier alpha value is -1.95. The Kier molecular flexibility index (Phi) is 2.82. The third kappa shape index (κ3) is 2.01. The van der Waals surface area contributed by atoms with Gasteiger partial charge in [0.05, 0.1) is 28.8 Å². The Balaban J connectivity index is 2.26. The number of thiocarbonyl (C=S) groups is 1. The molecule has 0 atom stereocenters. The van der Waals surface area contributed by atoms with Gasteiger partial charge in [0.1, 0.15) is 0 Å². The van der Waals surface area contributed by atoms with Crippen molar-refractivity contribution in [2.45, 2.75) is 0 Å². The number of pyridine rings is 1. The van der Waals surface area contributed by atoms with Gasteiger partial charge >= 0.3 is 0 Å². The predicted octanol–water partition coefficient (Wildman–Crippen LogP) is 0.350. The number of carbonyl (C=O) groups is 1. The molecule has 2 heterocycles. The first kappa shape index (κ1) is 10.6. The van der Waals surface area contributed by atoms with E-state index in [4.69, 9.17) is 5.73 Å². The van der Waals surface area contributed by atoms with Gasteiger partial charge in [-0.05, 0) is 12.1 Å². The predicted molar refractivity (Wildman–Crippen MR) is 64.3 cm³/mol. The van der Waals surface area contributed by atoms with Crippen LogP contribution in [0.1, 0.15) is 10.4 Å². The third-order valence-corrected chi connectivity index (χ3v) is 2.24. The van der Waals surface area contributed by atoms with Crippen molar-refractivity contribution < 1.29 is 4.79 Å². The molecule has 0 aromatic carbocycles. The maximum atomic E-state index is 11.7. The zero-order chi connectivity index (χ0) is 11.5. The zero-order valence-corrected chi connectivity index (χ0v) is 9.20. The minimum absolute atomic E-state index is 0.193. The lowest BCUT2D eigenvalue weighted by molar-refractivity contribution is 0.0961. The molecule has 16 heavy (non-hydrogen) atoms. The summed E-state index contributed by atoms with van der Waals surface area (Å²) in [5.74, 6) is -0.228. The lowest BCUT2D eigenvalue weighted by Gasteiger charge is -2.01. The maximum Gasteiger partial charge on any atom is 0.255 e. The lowest BCUT2D eigenvalue weighted by atomic mass is 10.2. The highest BCUT2D eigenvalue weighted by Crippen LogP contribution is 2.09. The number of hydrogen-bond donors (Lipinski definition) is 2. The van der Waals surface area contributed by atoms with Gasteiger partial charge in [-0.25, -0.2) is 4.52 Å². The molecule has 0 spiro atoms. The highest BCUT2D eigenvalue weighted by molar-refractivity contribution is 7.80. The number of hydrogen-bond acceptors (Lipinski definition) is 3. The molecule has 0 aliphatic rings. The average Bonchev–Trinajstić information content (AvgIpc) is 2.69. The average molecular weight is 234 g/mol. The van der Waals surface area contributed by atoms with Crippen molar-refractivity contribution >= 4 is 28.6 Å². The summed E-state index contributed by atoms with van der Waals surface area (Å²) >= 11 is 4.68. The Morgan fingerprint density at radius 1 is 1.56 bits per heavy atom. The van der Waals surface area contributed by atoms with Crippen molar-refractivity contribution in [3.05, 3.63) is 36.2 Å². The molecule has 0 aliphatic heterocycles. The monoisotopic (exact) mass is 234 g/mol.